The number of carbonyl (C=O) groups excluding carboxylic acids is 3. The van der Waals surface area contributed by atoms with Gasteiger partial charge in [0.25, 0.3) is 6.29 Å². The van der Waals surface area contributed by atoms with Crippen molar-refractivity contribution in [1.29, 1.82) is 0 Å². The highest BCUT2D eigenvalue weighted by molar-refractivity contribution is 5.79. The van der Waals surface area contributed by atoms with Crippen molar-refractivity contribution in [3.05, 3.63) is 0 Å². The largest absolute Gasteiger partial charge is 0.451 e. The van der Waals surface area contributed by atoms with Gasteiger partial charge in [0.1, 0.15) is 0 Å². The van der Waals surface area contributed by atoms with E-state index >= 15 is 0 Å². The Morgan fingerprint density at radius 2 is 1.80 bits per heavy atom. The third-order valence-corrected chi connectivity index (χ3v) is 1.60. The van der Waals surface area contributed by atoms with Gasteiger partial charge in [0, 0.05) is 13.8 Å². The molecular weight excluding hydrogens is 211 g/mol. The van der Waals surface area contributed by atoms with Gasteiger partial charge in [-0.15, -0.1) is 0 Å². The number of hydrogen-bond acceptors (Lipinski definition) is 6. The van der Waals surface area contributed by atoms with Gasteiger partial charge in [0.2, 0.25) is 12.3 Å². The molecule has 84 valence electrons. The van der Waals surface area contributed by atoms with Crippen LogP contribution in [0.2, 0.25) is 0 Å². The van der Waals surface area contributed by atoms with Crippen LogP contribution in [0.5, 0.6) is 0 Å². The van der Waals surface area contributed by atoms with Crippen molar-refractivity contribution in [2.45, 2.75) is 32.4 Å². The third-order valence-electron chi connectivity index (χ3n) is 1.60. The summed E-state index contributed by atoms with van der Waals surface area (Å²) in [6.07, 6.45) is -5.16. The summed E-state index contributed by atoms with van der Waals surface area (Å²) in [5.74, 6) is -2.77. The summed E-state index contributed by atoms with van der Waals surface area (Å²) in [6.45, 7) is 2.10. The number of esters is 3. The minimum absolute atomic E-state index is 0.765. The maximum Gasteiger partial charge on any atom is 0.348 e. The summed E-state index contributed by atoms with van der Waals surface area (Å²) in [4.78, 5) is 31.9. The van der Waals surface area contributed by atoms with Crippen molar-refractivity contribution in [1.82, 2.24) is 0 Å². The molecule has 6 nitrogen and oxygen atoms in total. The van der Waals surface area contributed by atoms with E-state index in [0.29, 0.717) is 0 Å². The number of rotatable bonds is 2. The molecule has 1 fully saturated rings. The number of halogens is 1. The summed E-state index contributed by atoms with van der Waals surface area (Å²) in [6, 6.07) is 0. The fourth-order valence-corrected chi connectivity index (χ4v) is 1.08. The highest BCUT2D eigenvalue weighted by Gasteiger charge is 2.49. The van der Waals surface area contributed by atoms with E-state index in [2.05, 4.69) is 14.2 Å². The lowest BCUT2D eigenvalue weighted by atomic mass is 10.2. The van der Waals surface area contributed by atoms with Crippen LogP contribution in [-0.2, 0) is 28.6 Å². The SMILES string of the molecule is CC(=O)OC1OC(=O)C(F)C1OC(C)=O. The molecule has 0 saturated carbocycles. The molecule has 0 amide bonds. The summed E-state index contributed by atoms with van der Waals surface area (Å²) in [7, 11) is 0. The van der Waals surface area contributed by atoms with Gasteiger partial charge < -0.3 is 14.2 Å². The number of alkyl halides is 1. The van der Waals surface area contributed by atoms with Gasteiger partial charge >= 0.3 is 17.9 Å². The Morgan fingerprint density at radius 1 is 1.27 bits per heavy atom. The minimum atomic E-state index is -2.13. The Hall–Kier alpha value is -1.66. The molecule has 1 heterocycles. The summed E-state index contributed by atoms with van der Waals surface area (Å²) < 4.78 is 26.4. The molecule has 0 aromatic rings. The van der Waals surface area contributed by atoms with Crippen LogP contribution in [0.3, 0.4) is 0 Å². The van der Waals surface area contributed by atoms with Crippen LogP contribution in [0, 0.1) is 0 Å². The maximum absolute atomic E-state index is 13.1. The zero-order chi connectivity index (χ0) is 11.6. The number of hydrogen-bond donors (Lipinski definition) is 0. The van der Waals surface area contributed by atoms with Crippen molar-refractivity contribution in [2.24, 2.45) is 0 Å². The summed E-state index contributed by atoms with van der Waals surface area (Å²) >= 11 is 0. The van der Waals surface area contributed by atoms with Crippen molar-refractivity contribution in [2.75, 3.05) is 0 Å². The quantitative estimate of drug-likeness (QED) is 0.594. The molecule has 0 radical (unpaired) electrons. The third kappa shape index (κ3) is 2.64. The number of cyclic esters (lactones) is 1. The van der Waals surface area contributed by atoms with Crippen LogP contribution < -0.4 is 0 Å². The molecule has 0 aromatic carbocycles. The fourth-order valence-electron chi connectivity index (χ4n) is 1.08. The van der Waals surface area contributed by atoms with E-state index in [4.69, 9.17) is 0 Å². The van der Waals surface area contributed by atoms with Crippen LogP contribution >= 0.6 is 0 Å². The smallest absolute Gasteiger partial charge is 0.348 e. The van der Waals surface area contributed by atoms with Gasteiger partial charge in [-0.3, -0.25) is 9.59 Å². The van der Waals surface area contributed by atoms with Gasteiger partial charge in [-0.1, -0.05) is 0 Å². The van der Waals surface area contributed by atoms with E-state index < -0.39 is 36.5 Å². The van der Waals surface area contributed by atoms with Gasteiger partial charge in [0.15, 0.2) is 0 Å². The minimum Gasteiger partial charge on any atom is -0.451 e. The molecule has 0 N–H and O–H groups in total. The molecule has 7 heteroatoms. The second-order valence-electron chi connectivity index (χ2n) is 2.89. The standard InChI is InChI=1S/C8H9FO6/c1-3(10)13-6-5(9)7(12)15-8(6)14-4(2)11/h5-6,8H,1-2H3. The lowest BCUT2D eigenvalue weighted by Gasteiger charge is -2.16. The Bertz CT molecular complexity index is 300. The number of ether oxygens (including phenoxy) is 3. The monoisotopic (exact) mass is 220 g/mol. The van der Waals surface area contributed by atoms with Crippen molar-refractivity contribution in [3.8, 4) is 0 Å². The number of carbonyl (C=O) groups is 3. The normalized spacial score (nSPS) is 29.5. The van der Waals surface area contributed by atoms with Gasteiger partial charge in [-0.25, -0.2) is 9.18 Å². The van der Waals surface area contributed by atoms with Crippen LogP contribution in [0.1, 0.15) is 13.8 Å². The lowest BCUT2D eigenvalue weighted by Crippen LogP contribution is -2.35. The van der Waals surface area contributed by atoms with Gasteiger partial charge in [0.05, 0.1) is 0 Å². The molecule has 15 heavy (non-hydrogen) atoms. The van der Waals surface area contributed by atoms with Crippen LogP contribution in [0.15, 0.2) is 0 Å². The van der Waals surface area contributed by atoms with Crippen molar-refractivity contribution >= 4 is 17.9 Å². The Balaban J connectivity index is 2.72. The first-order valence-electron chi connectivity index (χ1n) is 4.11. The van der Waals surface area contributed by atoms with Crippen LogP contribution in [-0.4, -0.2) is 36.5 Å². The molecule has 0 spiro atoms. The van der Waals surface area contributed by atoms with E-state index in [0.717, 1.165) is 13.8 Å². The van der Waals surface area contributed by atoms with Gasteiger partial charge in [-0.05, 0) is 0 Å². The zero-order valence-corrected chi connectivity index (χ0v) is 8.06. The predicted octanol–water partition coefficient (Wildman–Crippen LogP) is -0.298. The van der Waals surface area contributed by atoms with Crippen molar-refractivity contribution in [3.63, 3.8) is 0 Å². The van der Waals surface area contributed by atoms with E-state index in [1.54, 1.807) is 0 Å². The molecule has 1 aliphatic rings. The average molecular weight is 220 g/mol. The first-order chi connectivity index (χ1) is 6.91. The van der Waals surface area contributed by atoms with E-state index in [-0.39, 0.29) is 0 Å². The first kappa shape index (κ1) is 11.4. The molecule has 0 bridgehead atoms. The molecule has 0 aromatic heterocycles. The Labute approximate surface area is 84.3 Å². The topological polar surface area (TPSA) is 78.9 Å². The summed E-state index contributed by atoms with van der Waals surface area (Å²) in [5, 5.41) is 0. The molecule has 1 aliphatic heterocycles. The lowest BCUT2D eigenvalue weighted by molar-refractivity contribution is -0.192. The van der Waals surface area contributed by atoms with Crippen molar-refractivity contribution < 1.29 is 33.0 Å². The van der Waals surface area contributed by atoms with Gasteiger partial charge in [-0.2, -0.15) is 0 Å². The first-order valence-corrected chi connectivity index (χ1v) is 4.11. The molecule has 1 saturated heterocycles. The zero-order valence-electron chi connectivity index (χ0n) is 8.06. The fraction of sp³-hybridized carbons (Fsp3) is 0.625. The summed E-state index contributed by atoms with van der Waals surface area (Å²) in [5.41, 5.74) is 0. The molecule has 1 rings (SSSR count). The Kier molecular flexibility index (Phi) is 3.23. The Morgan fingerprint density at radius 3 is 2.27 bits per heavy atom. The molecular formula is C8H9FO6. The predicted molar refractivity (Wildman–Crippen MR) is 42.1 cm³/mol. The maximum atomic E-state index is 13.1. The highest BCUT2D eigenvalue weighted by atomic mass is 19.1. The second-order valence-corrected chi connectivity index (χ2v) is 2.89. The van der Waals surface area contributed by atoms with E-state index in [1.165, 1.54) is 0 Å². The van der Waals surface area contributed by atoms with E-state index in [9.17, 15) is 18.8 Å². The van der Waals surface area contributed by atoms with Crippen LogP contribution in [0.25, 0.3) is 0 Å². The molecule has 3 unspecified atom stereocenters. The van der Waals surface area contributed by atoms with Crippen LogP contribution in [0.4, 0.5) is 4.39 Å². The molecule has 0 aliphatic carbocycles. The second kappa shape index (κ2) is 4.24. The highest BCUT2D eigenvalue weighted by Crippen LogP contribution is 2.23. The molecule has 3 atom stereocenters. The average Bonchev–Trinajstić information content (AvgIpc) is 2.31. The van der Waals surface area contributed by atoms with E-state index in [1.807, 2.05) is 0 Å².